The number of aliphatic hydroxyl groups is 1. The Labute approximate surface area is 796 Å². The summed E-state index contributed by atoms with van der Waals surface area (Å²) in [4.78, 5) is 58.8. The molecule has 3 N–H and O–H groups in total. The number of halogens is 2. The summed E-state index contributed by atoms with van der Waals surface area (Å²) in [6.07, 6.45) is 2.43. The Morgan fingerprint density at radius 2 is 0.922 bits per heavy atom. The molecule has 0 aliphatic carbocycles. The predicted octanol–water partition coefficient (Wildman–Crippen LogP) is 18.7. The third-order valence-corrected chi connectivity index (χ3v) is 21.0. The van der Waals surface area contributed by atoms with Gasteiger partial charge in [0, 0.05) is 106 Å². The first-order chi connectivity index (χ1) is 59.6. The number of hydrogen-bond donors (Lipinski definition) is 3. The molecule has 0 saturated carbocycles. The number of nitrogens with one attached hydrogen (secondary N) is 1. The first kappa shape index (κ1) is 109. The van der Waals surface area contributed by atoms with E-state index < -0.39 is 30.2 Å². The molecule has 8 aromatic carbocycles. The number of esters is 2. The molecule has 12 aromatic rings. The summed E-state index contributed by atoms with van der Waals surface area (Å²) in [5.41, 5.74) is 14.6. The van der Waals surface area contributed by atoms with E-state index in [4.69, 9.17) is 76.5 Å². The molecular weight excluding hydrogens is 1780 g/mol. The van der Waals surface area contributed by atoms with Gasteiger partial charge in [-0.15, -0.1) is 0 Å². The minimum Gasteiger partial charge on any atom is -1.00 e. The van der Waals surface area contributed by atoms with Gasteiger partial charge in [-0.3, -0.25) is 0 Å². The van der Waals surface area contributed by atoms with Crippen molar-refractivity contribution in [3.8, 4) is 33.4 Å². The number of nitrogens with zero attached hydrogens (tertiary/aromatic N) is 1. The average Bonchev–Trinajstić information content (AvgIpc) is 1.67. The van der Waals surface area contributed by atoms with Crippen LogP contribution in [0.5, 0.6) is 0 Å². The molecule has 0 unspecified atom stereocenters. The molecular formula is C99H122B2ClIN2NaO22. The number of carboxylic acids is 1. The minimum absolute atomic E-state index is 0. The molecule has 6 heterocycles. The number of ether oxygens (including phenoxy) is 9. The van der Waals surface area contributed by atoms with Crippen molar-refractivity contribution in [2.24, 2.45) is 5.92 Å². The zero-order valence-electron chi connectivity index (χ0n) is 77.6. The molecule has 1 amide bonds. The molecule has 4 aromatic heterocycles. The predicted molar refractivity (Wildman–Crippen MR) is 510 cm³/mol. The Kier molecular flexibility index (Phi) is 45.0. The maximum Gasteiger partial charge on any atom is 1.00 e. The van der Waals surface area contributed by atoms with Crippen molar-refractivity contribution in [1.82, 2.24) is 10.2 Å². The van der Waals surface area contributed by atoms with Crippen molar-refractivity contribution in [3.05, 3.63) is 241 Å². The SMILES string of the molecule is C.CC(C)(C)OC(=O)NCc1cccc(B2OC(C)(C)C(C)(C)O2)c1.CC(C)COC(=O)Cl.CCc1cccc(-c2cc(C(=O)O)cc3cc(COC)oc23)c1.CCc1cccc(-c2cc(C(=O)OC)cc3cc(COC)oc23)c1.CCc1cccc(-c2cc(CO)cc3cc(COC)oc23)c1.CN1CCOCC1.COCc1cc2cc(C(=O)OC)cc(I)c2o1.[B].[H-].[Na+]. The van der Waals surface area contributed by atoms with E-state index >= 15 is 0 Å². The molecule has 128 heavy (non-hydrogen) atoms. The molecule has 0 bridgehead atoms. The molecule has 2 fully saturated rings. The van der Waals surface area contributed by atoms with Gasteiger partial charge in [0.15, 0.2) is 0 Å². The molecule has 2 saturated heterocycles. The van der Waals surface area contributed by atoms with Crippen molar-refractivity contribution in [1.29, 1.82) is 0 Å². The molecule has 24 nitrogen and oxygen atoms in total. The number of morpholine rings is 1. The molecule has 681 valence electrons. The topological polar surface area (TPSA) is 295 Å². The Bertz CT molecular complexity index is 5560. The van der Waals surface area contributed by atoms with Crippen molar-refractivity contribution in [3.63, 3.8) is 0 Å². The van der Waals surface area contributed by atoms with Crippen LogP contribution in [0.1, 0.15) is 174 Å². The molecule has 14 rings (SSSR count). The monoisotopic (exact) mass is 1900 g/mol. The Hall–Kier alpha value is -9.14. The van der Waals surface area contributed by atoms with E-state index in [2.05, 4.69) is 114 Å². The largest absolute Gasteiger partial charge is 1.00 e. The molecule has 2 aliphatic rings. The number of methoxy groups -OCH3 is 6. The van der Waals surface area contributed by atoms with Crippen LogP contribution in [0, 0.1) is 9.49 Å². The zero-order valence-corrected chi connectivity index (χ0v) is 81.5. The normalized spacial score (nSPS) is 13.0. The van der Waals surface area contributed by atoms with Crippen LogP contribution in [0.25, 0.3) is 77.3 Å². The van der Waals surface area contributed by atoms with E-state index in [-0.39, 0.29) is 82.1 Å². The number of rotatable bonds is 23. The fourth-order valence-electron chi connectivity index (χ4n) is 13.1. The van der Waals surface area contributed by atoms with Crippen molar-refractivity contribution < 1.29 is 135 Å². The van der Waals surface area contributed by atoms with Gasteiger partial charge in [0.25, 0.3) is 0 Å². The van der Waals surface area contributed by atoms with Crippen LogP contribution >= 0.6 is 34.2 Å². The van der Waals surface area contributed by atoms with Gasteiger partial charge in [-0.2, -0.15) is 0 Å². The first-order valence-electron chi connectivity index (χ1n) is 41.2. The second-order valence-electron chi connectivity index (χ2n) is 32.1. The van der Waals surface area contributed by atoms with E-state index in [0.717, 1.165) is 155 Å². The van der Waals surface area contributed by atoms with Crippen LogP contribution in [0.3, 0.4) is 0 Å². The first-order valence-corrected chi connectivity index (χ1v) is 42.7. The third kappa shape index (κ3) is 32.2. The van der Waals surface area contributed by atoms with Crippen molar-refractivity contribution in [2.45, 2.75) is 166 Å². The maximum atomic E-state index is 12.0. The summed E-state index contributed by atoms with van der Waals surface area (Å²) in [7, 11) is 10.9. The number of benzene rings is 8. The average molecular weight is 1900 g/mol. The van der Waals surface area contributed by atoms with Gasteiger partial charge in [-0.05, 0) is 226 Å². The number of fused-ring (bicyclic) bond motifs is 4. The van der Waals surface area contributed by atoms with Gasteiger partial charge in [-0.25, -0.2) is 24.0 Å². The number of carbonyl (C=O) groups is 5. The molecule has 29 heteroatoms. The quantitative estimate of drug-likeness (QED) is 0.0176. The number of furan rings is 4. The third-order valence-electron chi connectivity index (χ3n) is 20.1. The van der Waals surface area contributed by atoms with Crippen LogP contribution in [0.2, 0.25) is 0 Å². The van der Waals surface area contributed by atoms with E-state index in [9.17, 15) is 34.2 Å². The van der Waals surface area contributed by atoms with E-state index in [0.29, 0.717) is 68.0 Å². The number of aromatic carboxylic acids is 1. The minimum atomic E-state index is -0.950. The number of likely N-dealkylation sites (N-methyl/N-ethyl adjacent to an activating group) is 1. The zero-order chi connectivity index (χ0) is 91.3. The second kappa shape index (κ2) is 52.6. The van der Waals surface area contributed by atoms with E-state index in [1.54, 1.807) is 58.8 Å². The van der Waals surface area contributed by atoms with Crippen LogP contribution in [-0.4, -0.2) is 159 Å². The van der Waals surface area contributed by atoms with Crippen molar-refractivity contribution >= 4 is 128 Å². The number of alkyl carbamates (subject to hydrolysis) is 1. The molecule has 3 radical (unpaired) electrons. The number of carbonyl (C=O) groups excluding carboxylic acids is 4. The van der Waals surface area contributed by atoms with Crippen LogP contribution in [-0.2, 0) is 111 Å². The number of hydrogen-bond acceptors (Lipinski definition) is 22. The van der Waals surface area contributed by atoms with Gasteiger partial charge in [0.1, 0.15) is 77.4 Å². The number of aliphatic hydroxyl groups excluding tert-OH is 1. The molecule has 0 spiro atoms. The van der Waals surface area contributed by atoms with E-state index in [1.807, 2.05) is 153 Å². The van der Waals surface area contributed by atoms with Crippen molar-refractivity contribution in [2.75, 3.05) is 82.6 Å². The summed E-state index contributed by atoms with van der Waals surface area (Å²) in [6.45, 7) is 30.3. The van der Waals surface area contributed by atoms with Crippen LogP contribution in [0.15, 0.2) is 188 Å². The van der Waals surface area contributed by atoms with Crippen LogP contribution in [0.4, 0.5) is 9.59 Å². The summed E-state index contributed by atoms with van der Waals surface area (Å²) < 4.78 is 81.2. The summed E-state index contributed by atoms with van der Waals surface area (Å²) in [5.74, 6) is 1.63. The Morgan fingerprint density at radius 1 is 0.539 bits per heavy atom. The van der Waals surface area contributed by atoms with E-state index in [1.165, 1.54) is 30.9 Å². The summed E-state index contributed by atoms with van der Waals surface area (Å²) >= 11 is 6.99. The second-order valence-corrected chi connectivity index (χ2v) is 33.5. The number of carboxylic acid groups (broad SMARTS) is 1. The maximum absolute atomic E-state index is 12.0. The standard InChI is InChI=1S/C20H20O4.C19H18O4.C19H20O3.C18H28BNO4.C12H11IO4.C5H9ClO2.C5H11NO.CH4.B.Na.H/c1-4-13-6-5-7-14(8-13)18-11-16(20(21)23-3)9-15-10-17(12-22-2)24-19(15)18;1-3-12-5-4-6-13(7-12)17-10-15(19(20)21)8-14-9-16(11-22-2)23-18(14)17;1-3-13-5-4-6-15(7-13)18-9-14(11-20)8-16-10-17(12-21-2)22-19(16)18;1-16(2,3)22-15(21)20-12-13-9-8-10-14(11-13)19-23-17(4,5)18(6,7)24-19;1-15-6-9-4-7-3-8(12(14)16-2)5-10(13)11(7)17-9;1-4(2)3-8-5(6)7;1-6-2-4-7-5-3-6;;;;/h5-11H,4,12H2,1-3H3;4-10H,3,11H2,1-2H3,(H,20,21);4-10,20H,3,11-12H2,1-2H3;8-11H,12H2,1-7H3,(H,20,21);3-5H,6H2,1-2H3;4H,3H2,1-2H3;2-5H2,1H3;1H4;;;/q;;;;;;;;;+1;-1. The van der Waals surface area contributed by atoms with Gasteiger partial charge >= 0.3 is 66.1 Å². The van der Waals surface area contributed by atoms with Crippen LogP contribution < -0.4 is 40.3 Å². The van der Waals surface area contributed by atoms with Gasteiger partial charge in [-0.1, -0.05) is 139 Å². The van der Waals surface area contributed by atoms with Gasteiger partial charge < -0.3 is 91.5 Å². The molecule has 2 aliphatic heterocycles. The summed E-state index contributed by atoms with van der Waals surface area (Å²) in [5, 5.41) is 25.2. The Morgan fingerprint density at radius 3 is 1.29 bits per heavy atom. The molecule has 0 atom stereocenters. The summed E-state index contributed by atoms with van der Waals surface area (Å²) in [6, 6.07) is 54.5. The fourth-order valence-corrected chi connectivity index (χ4v) is 13.9. The smallest absolute Gasteiger partial charge is 1.00 e. The van der Waals surface area contributed by atoms with Gasteiger partial charge in [0.2, 0.25) is 0 Å². The fraction of sp³-hybridized carbons (Fsp3) is 0.384. The number of aryl methyl sites for hydroxylation is 3. The Balaban J connectivity index is 0.000000323. The number of amides is 1. The van der Waals surface area contributed by atoms with Gasteiger partial charge in [0.05, 0.1) is 72.1 Å².